The number of amides is 2. The number of carbonyl (C=O) groups excluding carboxylic acids is 2. The van der Waals surface area contributed by atoms with Gasteiger partial charge in [0.15, 0.2) is 5.82 Å². The fourth-order valence-corrected chi connectivity index (χ4v) is 4.47. The Kier molecular flexibility index (Phi) is 6.55. The number of anilines is 2. The van der Waals surface area contributed by atoms with Gasteiger partial charge >= 0.3 is 0 Å². The second kappa shape index (κ2) is 9.36. The van der Waals surface area contributed by atoms with Gasteiger partial charge in [0, 0.05) is 30.3 Å². The minimum atomic E-state index is -0.145. The molecule has 172 valence electrons. The minimum Gasteiger partial charge on any atom is -0.360 e. The van der Waals surface area contributed by atoms with Gasteiger partial charge in [-0.05, 0) is 52.0 Å². The van der Waals surface area contributed by atoms with Crippen LogP contribution < -0.4 is 10.2 Å². The van der Waals surface area contributed by atoms with Crippen LogP contribution in [-0.4, -0.2) is 51.5 Å². The van der Waals surface area contributed by atoms with E-state index >= 15 is 0 Å². The molecule has 0 spiro atoms. The standard InChI is InChI=1S/C23H32N6O3/c1-14(2)9-11-29-21(31)8-7-17-16(4)24-22(26-23(17)29)18-6-5-10-28(18)13-20(30)25-19-12-15(3)32-27-19/h12,14,18H,5-11,13H2,1-4H3,(H,25,27,30)/t18-/m1/s1. The average molecular weight is 441 g/mol. The van der Waals surface area contributed by atoms with Crippen molar-refractivity contribution >= 4 is 23.5 Å². The van der Waals surface area contributed by atoms with E-state index in [9.17, 15) is 9.59 Å². The first-order valence-electron chi connectivity index (χ1n) is 11.5. The maximum absolute atomic E-state index is 12.7. The van der Waals surface area contributed by atoms with Crippen LogP contribution in [-0.2, 0) is 16.0 Å². The van der Waals surface area contributed by atoms with Gasteiger partial charge in [0.25, 0.3) is 0 Å². The molecule has 1 atom stereocenters. The van der Waals surface area contributed by atoms with Crippen molar-refractivity contribution in [3.8, 4) is 0 Å². The highest BCUT2D eigenvalue weighted by Crippen LogP contribution is 2.34. The summed E-state index contributed by atoms with van der Waals surface area (Å²) < 4.78 is 5.01. The van der Waals surface area contributed by atoms with Crippen LogP contribution in [0.5, 0.6) is 0 Å². The Morgan fingerprint density at radius 2 is 2.09 bits per heavy atom. The van der Waals surface area contributed by atoms with Gasteiger partial charge in [0.1, 0.15) is 17.4 Å². The summed E-state index contributed by atoms with van der Waals surface area (Å²) in [6.45, 7) is 9.80. The molecule has 0 saturated carbocycles. The molecule has 4 rings (SSSR count). The zero-order chi connectivity index (χ0) is 22.8. The molecule has 1 fully saturated rings. The first-order chi connectivity index (χ1) is 15.3. The fraction of sp³-hybridized carbons (Fsp3) is 0.609. The predicted octanol–water partition coefficient (Wildman–Crippen LogP) is 3.18. The summed E-state index contributed by atoms with van der Waals surface area (Å²) in [5.41, 5.74) is 2.00. The predicted molar refractivity (Wildman–Crippen MR) is 120 cm³/mol. The van der Waals surface area contributed by atoms with E-state index in [-0.39, 0.29) is 24.4 Å². The topological polar surface area (TPSA) is 104 Å². The molecule has 32 heavy (non-hydrogen) atoms. The van der Waals surface area contributed by atoms with E-state index in [2.05, 4.69) is 29.2 Å². The van der Waals surface area contributed by atoms with Crippen molar-refractivity contribution in [2.45, 2.75) is 65.8 Å². The van der Waals surface area contributed by atoms with Crippen LogP contribution >= 0.6 is 0 Å². The van der Waals surface area contributed by atoms with Crippen molar-refractivity contribution in [1.29, 1.82) is 0 Å². The van der Waals surface area contributed by atoms with Gasteiger partial charge in [-0.25, -0.2) is 9.97 Å². The molecule has 4 heterocycles. The Balaban J connectivity index is 1.54. The molecule has 1 N–H and O–H groups in total. The Hall–Kier alpha value is -2.81. The number of rotatable bonds is 7. The Labute approximate surface area is 188 Å². The summed E-state index contributed by atoms with van der Waals surface area (Å²) in [6, 6.07) is 1.64. The van der Waals surface area contributed by atoms with E-state index in [1.54, 1.807) is 13.0 Å². The van der Waals surface area contributed by atoms with Crippen LogP contribution in [0.3, 0.4) is 0 Å². The number of carbonyl (C=O) groups is 2. The molecule has 0 aromatic carbocycles. The van der Waals surface area contributed by atoms with Crippen LogP contribution in [0.25, 0.3) is 0 Å². The molecule has 0 bridgehead atoms. The maximum atomic E-state index is 12.7. The van der Waals surface area contributed by atoms with Crippen LogP contribution in [0.2, 0.25) is 0 Å². The normalized spacial score (nSPS) is 19.0. The van der Waals surface area contributed by atoms with E-state index in [4.69, 9.17) is 14.5 Å². The lowest BCUT2D eigenvalue weighted by molar-refractivity contribution is -0.119. The van der Waals surface area contributed by atoms with Crippen molar-refractivity contribution in [2.75, 3.05) is 29.9 Å². The van der Waals surface area contributed by atoms with Gasteiger partial charge in [-0.15, -0.1) is 0 Å². The molecule has 9 nitrogen and oxygen atoms in total. The third kappa shape index (κ3) is 4.82. The summed E-state index contributed by atoms with van der Waals surface area (Å²) in [5.74, 6) is 3.03. The molecular formula is C23H32N6O3. The van der Waals surface area contributed by atoms with Crippen LogP contribution in [0.1, 0.15) is 68.4 Å². The smallest absolute Gasteiger partial charge is 0.239 e. The molecule has 1 saturated heterocycles. The lowest BCUT2D eigenvalue weighted by Gasteiger charge is -2.31. The Bertz CT molecular complexity index is 1000. The van der Waals surface area contributed by atoms with Crippen LogP contribution in [0, 0.1) is 19.8 Å². The number of aryl methyl sites for hydroxylation is 2. The van der Waals surface area contributed by atoms with Crippen molar-refractivity contribution < 1.29 is 14.1 Å². The quantitative estimate of drug-likeness (QED) is 0.705. The van der Waals surface area contributed by atoms with Gasteiger partial charge in [-0.3, -0.25) is 19.4 Å². The molecule has 2 aliphatic heterocycles. The van der Waals surface area contributed by atoms with Crippen molar-refractivity contribution in [2.24, 2.45) is 5.92 Å². The van der Waals surface area contributed by atoms with Gasteiger partial charge in [0.2, 0.25) is 11.8 Å². The number of hydrogen-bond acceptors (Lipinski definition) is 7. The SMILES string of the molecule is Cc1cc(NC(=O)CN2CCC[C@@H]2c2nc(C)c3c(n2)N(CCC(C)C)C(=O)CC3)no1. The van der Waals surface area contributed by atoms with E-state index < -0.39 is 0 Å². The maximum Gasteiger partial charge on any atom is 0.239 e. The van der Waals surface area contributed by atoms with Gasteiger partial charge in [-0.1, -0.05) is 19.0 Å². The number of likely N-dealkylation sites (tertiary alicyclic amines) is 1. The fourth-order valence-electron chi connectivity index (χ4n) is 4.47. The van der Waals surface area contributed by atoms with Gasteiger partial charge < -0.3 is 9.84 Å². The Morgan fingerprint density at radius 3 is 2.81 bits per heavy atom. The van der Waals surface area contributed by atoms with Crippen molar-refractivity contribution in [3.63, 3.8) is 0 Å². The molecule has 9 heteroatoms. The van der Waals surface area contributed by atoms with E-state index in [0.717, 1.165) is 42.9 Å². The first kappa shape index (κ1) is 22.4. The van der Waals surface area contributed by atoms with Gasteiger partial charge in [0.05, 0.1) is 12.6 Å². The van der Waals surface area contributed by atoms with Crippen molar-refractivity contribution in [1.82, 2.24) is 20.0 Å². The molecule has 0 aliphatic carbocycles. The number of fused-ring (bicyclic) bond motifs is 1. The van der Waals surface area contributed by atoms with Crippen LogP contribution in [0.15, 0.2) is 10.6 Å². The zero-order valence-corrected chi connectivity index (χ0v) is 19.3. The summed E-state index contributed by atoms with van der Waals surface area (Å²) in [6.07, 6.45) is 3.98. The van der Waals surface area contributed by atoms with Crippen LogP contribution in [0.4, 0.5) is 11.6 Å². The highest BCUT2D eigenvalue weighted by molar-refractivity contribution is 5.95. The second-order valence-corrected chi connectivity index (χ2v) is 9.20. The summed E-state index contributed by atoms with van der Waals surface area (Å²) >= 11 is 0. The third-order valence-corrected chi connectivity index (χ3v) is 6.19. The number of hydrogen-bond donors (Lipinski definition) is 1. The Morgan fingerprint density at radius 1 is 1.28 bits per heavy atom. The second-order valence-electron chi connectivity index (χ2n) is 9.20. The highest BCUT2D eigenvalue weighted by atomic mass is 16.5. The largest absolute Gasteiger partial charge is 0.360 e. The number of aromatic nitrogens is 3. The van der Waals surface area contributed by atoms with Gasteiger partial charge in [-0.2, -0.15) is 0 Å². The summed E-state index contributed by atoms with van der Waals surface area (Å²) in [4.78, 5) is 38.9. The van der Waals surface area contributed by atoms with Crippen molar-refractivity contribution in [3.05, 3.63) is 28.9 Å². The summed E-state index contributed by atoms with van der Waals surface area (Å²) in [7, 11) is 0. The lowest BCUT2D eigenvalue weighted by Crippen LogP contribution is -2.39. The lowest BCUT2D eigenvalue weighted by atomic mass is 10.0. The molecule has 2 aliphatic rings. The first-order valence-corrected chi connectivity index (χ1v) is 11.5. The highest BCUT2D eigenvalue weighted by Gasteiger charge is 2.33. The molecule has 0 unspecified atom stereocenters. The number of nitrogens with one attached hydrogen (secondary N) is 1. The van der Waals surface area contributed by atoms with E-state index in [0.29, 0.717) is 42.7 Å². The molecule has 0 radical (unpaired) electrons. The molecular weight excluding hydrogens is 408 g/mol. The van der Waals surface area contributed by atoms with E-state index in [1.165, 1.54) is 0 Å². The molecule has 2 amide bonds. The summed E-state index contributed by atoms with van der Waals surface area (Å²) in [5, 5.41) is 6.61. The van der Waals surface area contributed by atoms with E-state index in [1.807, 2.05) is 11.8 Å². The monoisotopic (exact) mass is 440 g/mol. The minimum absolute atomic E-state index is 0.0484. The zero-order valence-electron chi connectivity index (χ0n) is 19.3. The molecule has 2 aromatic heterocycles. The number of nitrogens with zero attached hydrogens (tertiary/aromatic N) is 5. The average Bonchev–Trinajstić information content (AvgIpc) is 3.35. The third-order valence-electron chi connectivity index (χ3n) is 6.19. The molecule has 2 aromatic rings.